The minimum atomic E-state index is -0.623. The number of halogens is 1. The van der Waals surface area contributed by atoms with Crippen LogP contribution >= 0.6 is 0 Å². The normalized spacial score (nSPS) is 12.1. The topological polar surface area (TPSA) is 70.1 Å². The highest BCUT2D eigenvalue weighted by atomic mass is 19.1. The van der Waals surface area contributed by atoms with E-state index in [2.05, 4.69) is 25.1 Å². The highest BCUT2D eigenvalue weighted by Crippen LogP contribution is 2.42. The van der Waals surface area contributed by atoms with Gasteiger partial charge in [0.1, 0.15) is 17.4 Å². The van der Waals surface area contributed by atoms with Crippen LogP contribution in [0.25, 0.3) is 33.5 Å². The van der Waals surface area contributed by atoms with Gasteiger partial charge in [-0.1, -0.05) is 36.4 Å². The van der Waals surface area contributed by atoms with Gasteiger partial charge >= 0.3 is 0 Å². The Morgan fingerprint density at radius 3 is 2.72 bits per heavy atom. The van der Waals surface area contributed by atoms with Crippen molar-refractivity contribution in [3.63, 3.8) is 0 Å². The van der Waals surface area contributed by atoms with Gasteiger partial charge in [-0.05, 0) is 41.8 Å². The van der Waals surface area contributed by atoms with E-state index < -0.39 is 11.7 Å². The number of carbonyl (C=O) groups excluding carboxylic acids is 1. The zero-order valence-electron chi connectivity index (χ0n) is 15.8. The lowest BCUT2D eigenvalue weighted by Crippen LogP contribution is -2.20. The van der Waals surface area contributed by atoms with E-state index in [1.54, 1.807) is 12.1 Å². The van der Waals surface area contributed by atoms with Crippen molar-refractivity contribution in [2.75, 3.05) is 6.61 Å². The lowest BCUT2D eigenvalue weighted by Gasteiger charge is -2.22. The molecule has 5 nitrogen and oxygen atoms in total. The van der Waals surface area contributed by atoms with Crippen LogP contribution < -0.4 is 10.5 Å². The number of aryl methyl sites for hydroxylation is 1. The molecule has 0 aliphatic carbocycles. The van der Waals surface area contributed by atoms with Gasteiger partial charge in [-0.3, -0.25) is 4.79 Å². The van der Waals surface area contributed by atoms with E-state index in [1.165, 1.54) is 22.8 Å². The van der Waals surface area contributed by atoms with Crippen LogP contribution in [0.1, 0.15) is 11.1 Å². The number of carbonyl (C=O) groups is 1. The summed E-state index contributed by atoms with van der Waals surface area (Å²) in [5.41, 5.74) is 11.8. The molecule has 5 rings (SSSR count). The largest absolute Gasteiger partial charge is 0.483 e. The van der Waals surface area contributed by atoms with Gasteiger partial charge in [0.15, 0.2) is 6.61 Å². The third-order valence-corrected chi connectivity index (χ3v) is 5.35. The maximum Gasteiger partial charge on any atom is 0.255 e. The molecule has 0 saturated heterocycles. The van der Waals surface area contributed by atoms with E-state index in [1.807, 2.05) is 22.8 Å². The molecule has 6 heteroatoms. The lowest BCUT2D eigenvalue weighted by molar-refractivity contribution is -0.119. The Balaban J connectivity index is 1.78. The van der Waals surface area contributed by atoms with Gasteiger partial charge in [-0.2, -0.15) is 0 Å². The molecule has 1 aromatic heterocycles. The first kappa shape index (κ1) is 17.4. The summed E-state index contributed by atoms with van der Waals surface area (Å²) < 4.78 is 22.5. The number of amides is 1. The number of benzene rings is 3. The predicted octanol–water partition coefficient (Wildman–Crippen LogP) is 4.04. The number of hydrogen-bond donors (Lipinski definition) is 1. The smallest absolute Gasteiger partial charge is 0.255 e. The molecule has 0 unspecified atom stereocenters. The average molecular weight is 387 g/mol. The molecule has 2 N–H and O–H groups in total. The zero-order valence-corrected chi connectivity index (χ0v) is 15.8. The number of para-hydroxylation sites is 1. The fourth-order valence-corrected chi connectivity index (χ4v) is 4.06. The van der Waals surface area contributed by atoms with Gasteiger partial charge in [0, 0.05) is 5.56 Å². The molecule has 1 aliphatic heterocycles. The molecule has 0 spiro atoms. The Morgan fingerprint density at radius 1 is 1.14 bits per heavy atom. The first-order valence-electron chi connectivity index (χ1n) is 9.32. The van der Waals surface area contributed by atoms with Crippen LogP contribution in [0.15, 0.2) is 54.6 Å². The maximum absolute atomic E-state index is 14.9. The Kier molecular flexibility index (Phi) is 3.87. The molecule has 0 fully saturated rings. The second-order valence-electron chi connectivity index (χ2n) is 7.16. The van der Waals surface area contributed by atoms with E-state index in [4.69, 9.17) is 15.5 Å². The van der Waals surface area contributed by atoms with Crippen molar-refractivity contribution in [2.24, 2.45) is 5.73 Å². The van der Waals surface area contributed by atoms with Crippen molar-refractivity contribution in [2.45, 2.75) is 13.5 Å². The number of primary amides is 1. The number of nitrogens with two attached hydrogens (primary N) is 1. The Morgan fingerprint density at radius 2 is 1.90 bits per heavy atom. The summed E-state index contributed by atoms with van der Waals surface area (Å²) in [5.74, 6) is -0.372. The van der Waals surface area contributed by atoms with Crippen LogP contribution in [0.3, 0.4) is 0 Å². The summed E-state index contributed by atoms with van der Waals surface area (Å²) in [6.07, 6.45) is 0. The SMILES string of the molecule is Cc1cccc2c1Cn1c(-c3c(F)cccc3OCC(N)=O)nc3cccc-2c31. The molecule has 4 aromatic rings. The quantitative estimate of drug-likeness (QED) is 0.506. The number of hydrogen-bond acceptors (Lipinski definition) is 3. The Bertz CT molecular complexity index is 1290. The minimum Gasteiger partial charge on any atom is -0.483 e. The number of ether oxygens (including phenoxy) is 1. The number of nitrogens with zero attached hydrogens (tertiary/aromatic N) is 2. The summed E-state index contributed by atoms with van der Waals surface area (Å²) in [6, 6.07) is 16.7. The van der Waals surface area contributed by atoms with Gasteiger partial charge < -0.3 is 15.0 Å². The molecule has 1 amide bonds. The van der Waals surface area contributed by atoms with Gasteiger partial charge in [-0.15, -0.1) is 0 Å². The second-order valence-corrected chi connectivity index (χ2v) is 7.16. The van der Waals surface area contributed by atoms with Crippen LogP contribution in [0.2, 0.25) is 0 Å². The summed E-state index contributed by atoms with van der Waals surface area (Å²) in [5, 5.41) is 0. The summed E-state index contributed by atoms with van der Waals surface area (Å²) in [4.78, 5) is 15.9. The molecule has 0 saturated carbocycles. The molecule has 2 heterocycles. The molecule has 0 bridgehead atoms. The van der Waals surface area contributed by atoms with E-state index in [-0.39, 0.29) is 17.9 Å². The number of aromatic nitrogens is 2. The molecule has 3 aromatic carbocycles. The van der Waals surface area contributed by atoms with Crippen molar-refractivity contribution in [1.29, 1.82) is 0 Å². The van der Waals surface area contributed by atoms with E-state index in [0.29, 0.717) is 12.4 Å². The Labute approximate surface area is 166 Å². The van der Waals surface area contributed by atoms with Crippen molar-refractivity contribution in [3.8, 4) is 28.3 Å². The van der Waals surface area contributed by atoms with Gasteiger partial charge in [0.05, 0.1) is 23.1 Å². The van der Waals surface area contributed by atoms with Crippen LogP contribution in [0, 0.1) is 12.7 Å². The highest BCUT2D eigenvalue weighted by Gasteiger charge is 2.26. The molecule has 144 valence electrons. The predicted molar refractivity (Wildman–Crippen MR) is 109 cm³/mol. The average Bonchev–Trinajstić information content (AvgIpc) is 3.07. The van der Waals surface area contributed by atoms with Crippen molar-refractivity contribution in [3.05, 3.63) is 71.5 Å². The summed E-state index contributed by atoms with van der Waals surface area (Å²) in [7, 11) is 0. The molecule has 0 atom stereocenters. The van der Waals surface area contributed by atoms with Gasteiger partial charge in [0.2, 0.25) is 0 Å². The lowest BCUT2D eigenvalue weighted by atomic mass is 9.92. The number of rotatable bonds is 4. The molecule has 0 radical (unpaired) electrons. The van der Waals surface area contributed by atoms with Gasteiger partial charge in [0.25, 0.3) is 5.91 Å². The van der Waals surface area contributed by atoms with Crippen molar-refractivity contribution < 1.29 is 13.9 Å². The highest BCUT2D eigenvalue weighted by molar-refractivity contribution is 5.97. The van der Waals surface area contributed by atoms with Crippen molar-refractivity contribution in [1.82, 2.24) is 9.55 Å². The zero-order chi connectivity index (χ0) is 20.1. The van der Waals surface area contributed by atoms with Crippen molar-refractivity contribution >= 4 is 16.9 Å². The summed E-state index contributed by atoms with van der Waals surface area (Å²) >= 11 is 0. The van der Waals surface area contributed by atoms with E-state index in [9.17, 15) is 9.18 Å². The van der Waals surface area contributed by atoms with Crippen LogP contribution in [-0.4, -0.2) is 22.1 Å². The second kappa shape index (κ2) is 6.44. The summed E-state index contributed by atoms with van der Waals surface area (Å²) in [6.45, 7) is 2.32. The number of imidazole rings is 1. The molecular formula is C23H18FN3O2. The number of fused-ring (bicyclic) bond motifs is 2. The fraction of sp³-hybridized carbons (Fsp3) is 0.130. The first-order valence-corrected chi connectivity index (χ1v) is 9.32. The molecular weight excluding hydrogens is 369 g/mol. The Hall–Kier alpha value is -3.67. The van der Waals surface area contributed by atoms with Crippen LogP contribution in [0.4, 0.5) is 4.39 Å². The minimum absolute atomic E-state index is 0.230. The molecule has 29 heavy (non-hydrogen) atoms. The molecule has 1 aliphatic rings. The first-order chi connectivity index (χ1) is 14.0. The van der Waals surface area contributed by atoms with E-state index >= 15 is 0 Å². The monoisotopic (exact) mass is 387 g/mol. The van der Waals surface area contributed by atoms with Crippen LogP contribution in [0.5, 0.6) is 5.75 Å². The standard InChI is InChI=1S/C23H18FN3O2/c1-13-5-2-6-14-15-7-3-9-18-22(15)27(11-16(13)14)23(26-18)21-17(24)8-4-10-19(21)29-12-20(25)28/h2-10H,11-12H2,1H3,(H2,25,28). The van der Waals surface area contributed by atoms with E-state index in [0.717, 1.165) is 16.6 Å². The third-order valence-electron chi connectivity index (χ3n) is 5.35. The van der Waals surface area contributed by atoms with Gasteiger partial charge in [-0.25, -0.2) is 9.37 Å². The van der Waals surface area contributed by atoms with Crippen LogP contribution in [-0.2, 0) is 11.3 Å². The fourth-order valence-electron chi connectivity index (χ4n) is 4.06. The third kappa shape index (κ3) is 2.68. The maximum atomic E-state index is 14.9.